The highest BCUT2D eigenvalue weighted by molar-refractivity contribution is 7.80. The topological polar surface area (TPSA) is 76.7 Å². The van der Waals surface area contributed by atoms with Gasteiger partial charge in [-0.15, -0.1) is 0 Å². The zero-order chi connectivity index (χ0) is 12.0. The smallest absolute Gasteiger partial charge is 0.308 e. The first-order valence-corrected chi connectivity index (χ1v) is 4.86. The number of carbonyl (C=O) groups excluding carboxylic acids is 1. The van der Waals surface area contributed by atoms with Crippen molar-refractivity contribution in [1.82, 2.24) is 5.43 Å². The molecule has 0 aliphatic carbocycles. The molecule has 5 nitrogen and oxygen atoms in total. The van der Waals surface area contributed by atoms with Crippen molar-refractivity contribution in [3.8, 4) is 5.75 Å². The van der Waals surface area contributed by atoms with E-state index >= 15 is 0 Å². The highest BCUT2D eigenvalue weighted by Crippen LogP contribution is 2.11. The van der Waals surface area contributed by atoms with Crippen LogP contribution in [0.1, 0.15) is 12.5 Å². The van der Waals surface area contributed by atoms with E-state index < -0.39 is 0 Å². The number of ether oxygens (including phenoxy) is 1. The third kappa shape index (κ3) is 4.52. The Morgan fingerprint density at radius 1 is 1.62 bits per heavy atom. The molecule has 1 aromatic rings. The van der Waals surface area contributed by atoms with E-state index in [1.807, 2.05) is 0 Å². The van der Waals surface area contributed by atoms with Gasteiger partial charge in [0.1, 0.15) is 5.75 Å². The Labute approximate surface area is 98.3 Å². The van der Waals surface area contributed by atoms with Crippen LogP contribution in [-0.4, -0.2) is 17.3 Å². The minimum atomic E-state index is -0.365. The third-order valence-electron chi connectivity index (χ3n) is 1.51. The van der Waals surface area contributed by atoms with Crippen molar-refractivity contribution < 1.29 is 9.53 Å². The van der Waals surface area contributed by atoms with E-state index in [1.165, 1.54) is 13.1 Å². The number of thiocarbonyl (C=S) groups is 1. The van der Waals surface area contributed by atoms with Crippen LogP contribution in [0, 0.1) is 0 Å². The summed E-state index contributed by atoms with van der Waals surface area (Å²) in [7, 11) is 0. The molecule has 0 fully saturated rings. The van der Waals surface area contributed by atoms with Gasteiger partial charge in [-0.2, -0.15) is 5.10 Å². The third-order valence-corrected chi connectivity index (χ3v) is 1.60. The number of nitrogens with zero attached hydrogens (tertiary/aromatic N) is 1. The summed E-state index contributed by atoms with van der Waals surface area (Å²) in [5.41, 5.74) is 8.38. The minimum absolute atomic E-state index is 0.0902. The Hall–Kier alpha value is -1.95. The van der Waals surface area contributed by atoms with Crippen LogP contribution in [0.25, 0.3) is 0 Å². The van der Waals surface area contributed by atoms with Crippen molar-refractivity contribution in [2.24, 2.45) is 10.8 Å². The van der Waals surface area contributed by atoms with Crippen LogP contribution in [0.2, 0.25) is 0 Å². The molecule has 0 bridgehead atoms. The number of hydrogen-bond acceptors (Lipinski definition) is 4. The summed E-state index contributed by atoms with van der Waals surface area (Å²) in [5.74, 6) is 0.0992. The standard InChI is InChI=1S/C10H11N3O2S/c1-7(14)15-9-4-2-3-8(5-9)6-12-13-10(11)16/h2-6H,1H3,(H3,11,13,16)/b12-6-. The van der Waals surface area contributed by atoms with Crippen molar-refractivity contribution in [2.45, 2.75) is 6.92 Å². The second kappa shape index (κ2) is 5.82. The summed E-state index contributed by atoms with van der Waals surface area (Å²) in [5, 5.41) is 3.87. The van der Waals surface area contributed by atoms with Crippen LogP contribution < -0.4 is 15.9 Å². The number of hydrogen-bond donors (Lipinski definition) is 2. The van der Waals surface area contributed by atoms with Crippen molar-refractivity contribution in [3.63, 3.8) is 0 Å². The van der Waals surface area contributed by atoms with Gasteiger partial charge in [0.25, 0.3) is 0 Å². The van der Waals surface area contributed by atoms with Gasteiger partial charge in [0.05, 0.1) is 6.21 Å². The number of nitrogens with one attached hydrogen (secondary N) is 1. The predicted octanol–water partition coefficient (Wildman–Crippen LogP) is 0.779. The van der Waals surface area contributed by atoms with Gasteiger partial charge < -0.3 is 10.5 Å². The zero-order valence-electron chi connectivity index (χ0n) is 8.64. The van der Waals surface area contributed by atoms with Gasteiger partial charge in [-0.1, -0.05) is 12.1 Å². The molecular formula is C10H11N3O2S. The Bertz CT molecular complexity index is 432. The van der Waals surface area contributed by atoms with Crippen molar-refractivity contribution in [3.05, 3.63) is 29.8 Å². The van der Waals surface area contributed by atoms with Crippen LogP contribution in [0.15, 0.2) is 29.4 Å². The van der Waals surface area contributed by atoms with Crippen molar-refractivity contribution in [2.75, 3.05) is 0 Å². The van der Waals surface area contributed by atoms with E-state index in [0.717, 1.165) is 5.56 Å². The molecule has 3 N–H and O–H groups in total. The summed E-state index contributed by atoms with van der Waals surface area (Å²) in [4.78, 5) is 10.7. The molecule has 0 atom stereocenters. The molecule has 6 heteroatoms. The van der Waals surface area contributed by atoms with Crippen LogP contribution in [0.5, 0.6) is 5.75 Å². The fourth-order valence-corrected chi connectivity index (χ4v) is 1.05. The van der Waals surface area contributed by atoms with E-state index in [1.54, 1.807) is 24.3 Å². The molecule has 1 rings (SSSR count). The summed E-state index contributed by atoms with van der Waals surface area (Å²) in [6, 6.07) is 6.91. The monoisotopic (exact) mass is 237 g/mol. The molecule has 0 spiro atoms. The number of nitrogens with two attached hydrogens (primary N) is 1. The maximum atomic E-state index is 10.7. The highest BCUT2D eigenvalue weighted by Gasteiger charge is 1.97. The number of rotatable bonds is 3. The van der Waals surface area contributed by atoms with Crippen LogP contribution in [0.3, 0.4) is 0 Å². The van der Waals surface area contributed by atoms with E-state index in [4.69, 9.17) is 10.5 Å². The lowest BCUT2D eigenvalue weighted by Gasteiger charge is -2.01. The van der Waals surface area contributed by atoms with Gasteiger partial charge in [-0.05, 0) is 29.9 Å². The van der Waals surface area contributed by atoms with Gasteiger partial charge in [0.2, 0.25) is 0 Å². The molecule has 84 valence electrons. The molecule has 0 saturated heterocycles. The minimum Gasteiger partial charge on any atom is -0.427 e. The van der Waals surface area contributed by atoms with Crippen molar-refractivity contribution >= 4 is 29.5 Å². The molecule has 1 aromatic carbocycles. The average Bonchev–Trinajstić information content (AvgIpc) is 2.16. The molecule has 0 aliphatic heterocycles. The van der Waals surface area contributed by atoms with E-state index in [2.05, 4.69) is 22.7 Å². The summed E-state index contributed by atoms with van der Waals surface area (Å²) >= 11 is 4.58. The first-order valence-electron chi connectivity index (χ1n) is 4.45. The summed E-state index contributed by atoms with van der Waals surface area (Å²) in [6.07, 6.45) is 1.52. The molecule has 0 heterocycles. The highest BCUT2D eigenvalue weighted by atomic mass is 32.1. The molecule has 0 unspecified atom stereocenters. The number of benzene rings is 1. The van der Waals surface area contributed by atoms with Crippen LogP contribution >= 0.6 is 12.2 Å². The zero-order valence-corrected chi connectivity index (χ0v) is 9.45. The van der Waals surface area contributed by atoms with Gasteiger partial charge in [0, 0.05) is 6.92 Å². The SMILES string of the molecule is CC(=O)Oc1cccc(/C=N\NC(N)=S)c1. The average molecular weight is 237 g/mol. The lowest BCUT2D eigenvalue weighted by atomic mass is 10.2. The molecule has 16 heavy (non-hydrogen) atoms. The second-order valence-corrected chi connectivity index (χ2v) is 3.34. The lowest BCUT2D eigenvalue weighted by Crippen LogP contribution is -2.23. The quantitative estimate of drug-likeness (QED) is 0.267. The largest absolute Gasteiger partial charge is 0.427 e. The Morgan fingerprint density at radius 3 is 3.00 bits per heavy atom. The van der Waals surface area contributed by atoms with Gasteiger partial charge >= 0.3 is 5.97 Å². The van der Waals surface area contributed by atoms with Gasteiger partial charge in [-0.25, -0.2) is 0 Å². The maximum absolute atomic E-state index is 10.7. The fourth-order valence-electron chi connectivity index (χ4n) is 0.995. The molecule has 0 saturated carbocycles. The Morgan fingerprint density at radius 2 is 2.38 bits per heavy atom. The molecule has 0 radical (unpaired) electrons. The summed E-state index contributed by atoms with van der Waals surface area (Å²) < 4.78 is 4.91. The Balaban J connectivity index is 2.70. The Kier molecular flexibility index (Phi) is 4.41. The summed E-state index contributed by atoms with van der Waals surface area (Å²) in [6.45, 7) is 1.34. The molecule has 0 aliphatic rings. The number of carbonyl (C=O) groups is 1. The molecule has 0 amide bonds. The van der Waals surface area contributed by atoms with Gasteiger partial charge in [0.15, 0.2) is 5.11 Å². The number of hydrazone groups is 1. The predicted molar refractivity (Wildman–Crippen MR) is 65.3 cm³/mol. The lowest BCUT2D eigenvalue weighted by molar-refractivity contribution is -0.131. The van der Waals surface area contributed by atoms with Crippen molar-refractivity contribution in [1.29, 1.82) is 0 Å². The molecular weight excluding hydrogens is 226 g/mol. The fraction of sp³-hybridized carbons (Fsp3) is 0.100. The normalized spacial score (nSPS) is 10.1. The van der Waals surface area contributed by atoms with Crippen LogP contribution in [0.4, 0.5) is 0 Å². The van der Waals surface area contributed by atoms with E-state index in [0.29, 0.717) is 5.75 Å². The number of esters is 1. The second-order valence-electron chi connectivity index (χ2n) is 2.90. The maximum Gasteiger partial charge on any atom is 0.308 e. The van der Waals surface area contributed by atoms with Crippen LogP contribution in [-0.2, 0) is 4.79 Å². The van der Waals surface area contributed by atoms with E-state index in [9.17, 15) is 4.79 Å². The van der Waals surface area contributed by atoms with Gasteiger partial charge in [-0.3, -0.25) is 10.2 Å². The first-order chi connectivity index (χ1) is 7.58. The first kappa shape index (κ1) is 12.1. The van der Waals surface area contributed by atoms with E-state index in [-0.39, 0.29) is 11.1 Å². The molecule has 0 aromatic heterocycles.